The molecule has 10 heteroatoms. The SMILES string of the molecule is COc1ccc(CC(=O)Nc2ccc(N3CCC(C(N)=O)CC3)c(S(=O)(=O)N[C@H](C)c3ccccc3)c2)cc1. The van der Waals surface area contributed by atoms with Crippen LogP contribution >= 0.6 is 0 Å². The Morgan fingerprint density at radius 3 is 2.31 bits per heavy atom. The van der Waals surface area contributed by atoms with Crippen LogP contribution in [0, 0.1) is 5.92 Å². The Balaban J connectivity index is 1.59. The predicted octanol–water partition coefficient (Wildman–Crippen LogP) is 3.62. The van der Waals surface area contributed by atoms with E-state index in [1.54, 1.807) is 38.3 Å². The number of anilines is 2. The Hall–Kier alpha value is -3.89. The Labute approximate surface area is 229 Å². The van der Waals surface area contributed by atoms with Crippen molar-refractivity contribution >= 4 is 33.2 Å². The number of carbonyl (C=O) groups excluding carboxylic acids is 2. The molecule has 4 rings (SSSR count). The van der Waals surface area contributed by atoms with Gasteiger partial charge < -0.3 is 20.7 Å². The van der Waals surface area contributed by atoms with Crippen LogP contribution in [-0.4, -0.2) is 40.4 Å². The number of nitrogens with one attached hydrogen (secondary N) is 2. The highest BCUT2D eigenvalue weighted by Crippen LogP contribution is 2.32. The number of carbonyl (C=O) groups is 2. The van der Waals surface area contributed by atoms with E-state index in [0.717, 1.165) is 11.1 Å². The van der Waals surface area contributed by atoms with Crippen LogP contribution in [0.3, 0.4) is 0 Å². The molecule has 206 valence electrons. The number of benzene rings is 3. The van der Waals surface area contributed by atoms with Crippen LogP contribution in [0.15, 0.2) is 77.7 Å². The number of hydrogen-bond donors (Lipinski definition) is 3. The van der Waals surface area contributed by atoms with Gasteiger partial charge in [0.25, 0.3) is 0 Å². The van der Waals surface area contributed by atoms with Crippen molar-refractivity contribution in [1.29, 1.82) is 0 Å². The summed E-state index contributed by atoms with van der Waals surface area (Å²) in [6.07, 6.45) is 1.21. The van der Waals surface area contributed by atoms with E-state index >= 15 is 0 Å². The third-order valence-corrected chi connectivity index (χ3v) is 8.50. The summed E-state index contributed by atoms with van der Waals surface area (Å²) in [5.74, 6) is -0.143. The lowest BCUT2D eigenvalue weighted by atomic mass is 9.96. The van der Waals surface area contributed by atoms with Gasteiger partial charge in [0.2, 0.25) is 21.8 Å². The molecule has 0 aromatic heterocycles. The maximum Gasteiger partial charge on any atom is 0.243 e. The van der Waals surface area contributed by atoms with Gasteiger partial charge in [-0.05, 0) is 61.2 Å². The molecule has 1 saturated heterocycles. The van der Waals surface area contributed by atoms with Gasteiger partial charge in [-0.3, -0.25) is 9.59 Å². The Morgan fingerprint density at radius 2 is 1.69 bits per heavy atom. The number of rotatable bonds is 10. The molecule has 0 unspecified atom stereocenters. The number of sulfonamides is 1. The van der Waals surface area contributed by atoms with Gasteiger partial charge in [-0.2, -0.15) is 0 Å². The Bertz CT molecular complexity index is 1400. The van der Waals surface area contributed by atoms with Gasteiger partial charge in [-0.25, -0.2) is 13.1 Å². The smallest absolute Gasteiger partial charge is 0.243 e. The third kappa shape index (κ3) is 7.15. The maximum absolute atomic E-state index is 13.7. The fraction of sp³-hybridized carbons (Fsp3) is 0.310. The summed E-state index contributed by atoms with van der Waals surface area (Å²) in [6, 6.07) is 20.9. The number of ether oxygens (including phenoxy) is 1. The average molecular weight is 551 g/mol. The molecule has 1 fully saturated rings. The van der Waals surface area contributed by atoms with Gasteiger partial charge in [0, 0.05) is 30.7 Å². The van der Waals surface area contributed by atoms with Crippen molar-refractivity contribution in [3.05, 3.63) is 83.9 Å². The number of hydrogen-bond acceptors (Lipinski definition) is 6. The van der Waals surface area contributed by atoms with Crippen LogP contribution in [0.4, 0.5) is 11.4 Å². The highest BCUT2D eigenvalue weighted by atomic mass is 32.2. The van der Waals surface area contributed by atoms with Crippen LogP contribution in [-0.2, 0) is 26.0 Å². The van der Waals surface area contributed by atoms with Gasteiger partial charge in [0.15, 0.2) is 0 Å². The predicted molar refractivity (Wildman–Crippen MR) is 151 cm³/mol. The lowest BCUT2D eigenvalue weighted by molar-refractivity contribution is -0.122. The molecule has 0 radical (unpaired) electrons. The Morgan fingerprint density at radius 1 is 1.03 bits per heavy atom. The zero-order valence-corrected chi connectivity index (χ0v) is 22.9. The molecular weight excluding hydrogens is 516 g/mol. The lowest BCUT2D eigenvalue weighted by Crippen LogP contribution is -2.39. The first-order valence-corrected chi connectivity index (χ1v) is 14.3. The van der Waals surface area contributed by atoms with Gasteiger partial charge in [0.1, 0.15) is 10.6 Å². The highest BCUT2D eigenvalue weighted by Gasteiger charge is 2.29. The van der Waals surface area contributed by atoms with Crippen molar-refractivity contribution in [2.75, 3.05) is 30.4 Å². The fourth-order valence-electron chi connectivity index (χ4n) is 4.71. The third-order valence-electron chi connectivity index (χ3n) is 6.93. The van der Waals surface area contributed by atoms with E-state index in [9.17, 15) is 18.0 Å². The Kier molecular flexibility index (Phi) is 8.88. The van der Waals surface area contributed by atoms with Gasteiger partial charge in [0.05, 0.1) is 19.2 Å². The topological polar surface area (TPSA) is 131 Å². The summed E-state index contributed by atoms with van der Waals surface area (Å²) in [4.78, 5) is 26.4. The molecule has 4 N–H and O–H groups in total. The minimum Gasteiger partial charge on any atom is -0.497 e. The number of primary amides is 1. The minimum absolute atomic E-state index is 0.0602. The van der Waals surface area contributed by atoms with Crippen LogP contribution < -0.4 is 25.4 Å². The summed E-state index contributed by atoms with van der Waals surface area (Å²) in [6.45, 7) is 2.77. The molecule has 1 aliphatic rings. The van der Waals surface area contributed by atoms with Gasteiger partial charge >= 0.3 is 0 Å². The normalized spacial score (nSPS) is 15.0. The summed E-state index contributed by atoms with van der Waals surface area (Å²) < 4.78 is 35.3. The van der Waals surface area contributed by atoms with Crippen LogP contribution in [0.2, 0.25) is 0 Å². The number of piperidine rings is 1. The second-order valence-electron chi connectivity index (χ2n) is 9.67. The largest absolute Gasteiger partial charge is 0.497 e. The van der Waals surface area contributed by atoms with Crippen LogP contribution in [0.1, 0.15) is 36.9 Å². The van der Waals surface area contributed by atoms with Crippen LogP contribution in [0.25, 0.3) is 0 Å². The van der Waals surface area contributed by atoms with E-state index in [-0.39, 0.29) is 29.0 Å². The molecule has 3 aromatic rings. The van der Waals surface area contributed by atoms with Gasteiger partial charge in [-0.1, -0.05) is 42.5 Å². The van der Waals surface area contributed by atoms with Crippen molar-refractivity contribution in [2.24, 2.45) is 11.7 Å². The summed E-state index contributed by atoms with van der Waals surface area (Å²) in [5, 5.41) is 2.83. The summed E-state index contributed by atoms with van der Waals surface area (Å²) in [5.41, 5.74) is 8.00. The van der Waals surface area contributed by atoms with Gasteiger partial charge in [-0.15, -0.1) is 0 Å². The summed E-state index contributed by atoms with van der Waals surface area (Å²) >= 11 is 0. The van der Waals surface area contributed by atoms with Crippen molar-refractivity contribution in [1.82, 2.24) is 4.72 Å². The molecule has 3 aromatic carbocycles. The molecular formula is C29H34N4O5S. The zero-order chi connectivity index (χ0) is 28.0. The van der Waals surface area contributed by atoms with E-state index < -0.39 is 16.1 Å². The minimum atomic E-state index is -3.99. The van der Waals surface area contributed by atoms with E-state index in [1.165, 1.54) is 6.07 Å². The number of amides is 2. The molecule has 1 atom stereocenters. The molecule has 1 heterocycles. The maximum atomic E-state index is 13.7. The van der Waals surface area contributed by atoms with E-state index in [0.29, 0.717) is 43.1 Å². The first kappa shape index (κ1) is 28.1. The monoisotopic (exact) mass is 550 g/mol. The summed E-state index contributed by atoms with van der Waals surface area (Å²) in [7, 11) is -2.42. The molecule has 39 heavy (non-hydrogen) atoms. The molecule has 0 bridgehead atoms. The first-order chi connectivity index (χ1) is 18.7. The standard InChI is InChI=1S/C29H34N4O5S/c1-20(22-6-4-3-5-7-22)32-39(36,37)27-19-24(31-28(34)18-21-8-11-25(38-2)12-9-21)10-13-26(27)33-16-14-23(15-17-33)29(30)35/h3-13,19-20,23,32H,14-18H2,1-2H3,(H2,30,35)(H,31,34)/t20-/m1/s1. The fourth-order valence-corrected chi connectivity index (χ4v) is 6.20. The number of nitrogens with zero attached hydrogens (tertiary/aromatic N) is 1. The average Bonchev–Trinajstić information content (AvgIpc) is 2.93. The highest BCUT2D eigenvalue weighted by molar-refractivity contribution is 7.89. The second-order valence-corrected chi connectivity index (χ2v) is 11.4. The van der Waals surface area contributed by atoms with E-state index in [1.807, 2.05) is 47.4 Å². The molecule has 1 aliphatic heterocycles. The second kappa shape index (κ2) is 12.3. The van der Waals surface area contributed by atoms with E-state index in [4.69, 9.17) is 10.5 Å². The number of nitrogens with two attached hydrogens (primary N) is 1. The lowest BCUT2D eigenvalue weighted by Gasteiger charge is -2.33. The zero-order valence-electron chi connectivity index (χ0n) is 22.1. The van der Waals surface area contributed by atoms with Crippen molar-refractivity contribution in [2.45, 2.75) is 37.1 Å². The molecule has 2 amide bonds. The molecule has 9 nitrogen and oxygen atoms in total. The van der Waals surface area contributed by atoms with E-state index in [2.05, 4.69) is 10.0 Å². The number of methoxy groups -OCH3 is 1. The van der Waals surface area contributed by atoms with Crippen molar-refractivity contribution in [3.63, 3.8) is 0 Å². The quantitative estimate of drug-likeness (QED) is 0.353. The molecule has 0 spiro atoms. The van der Waals surface area contributed by atoms with Crippen LogP contribution in [0.5, 0.6) is 5.75 Å². The molecule has 0 aliphatic carbocycles. The van der Waals surface area contributed by atoms with Crippen molar-refractivity contribution < 1.29 is 22.7 Å². The van der Waals surface area contributed by atoms with Crippen molar-refractivity contribution in [3.8, 4) is 5.75 Å². The first-order valence-electron chi connectivity index (χ1n) is 12.8. The molecule has 0 saturated carbocycles.